The highest BCUT2D eigenvalue weighted by Crippen LogP contribution is 2.29. The molecule has 1 aromatic carbocycles. The van der Waals surface area contributed by atoms with Crippen molar-refractivity contribution in [1.82, 2.24) is 10.2 Å². The maximum Gasteiger partial charge on any atom is 0.255 e. The zero-order valence-corrected chi connectivity index (χ0v) is 17.5. The van der Waals surface area contributed by atoms with E-state index in [0.29, 0.717) is 28.1 Å². The third-order valence-corrected chi connectivity index (χ3v) is 6.09. The van der Waals surface area contributed by atoms with E-state index in [1.807, 2.05) is 0 Å². The number of amides is 1. The first-order valence-corrected chi connectivity index (χ1v) is 10.7. The fraction of sp³-hybridized carbons (Fsp3) is 0.667. The SMILES string of the molecule is COc1cc(N)c(Cl)cc1C(=O)NC1CCN(CCCOC2CCCC2)CC1. The molecule has 156 valence electrons. The molecule has 0 radical (unpaired) electrons. The molecular weight excluding hydrogens is 378 g/mol. The number of nitrogens with two attached hydrogens (primary N) is 1. The van der Waals surface area contributed by atoms with Crippen LogP contribution in [0.4, 0.5) is 5.69 Å². The van der Waals surface area contributed by atoms with E-state index in [1.54, 1.807) is 12.1 Å². The van der Waals surface area contributed by atoms with Crippen LogP contribution in [0.2, 0.25) is 5.02 Å². The van der Waals surface area contributed by atoms with Crippen LogP contribution in [0.25, 0.3) is 0 Å². The Bertz CT molecular complexity index is 657. The monoisotopic (exact) mass is 409 g/mol. The molecule has 2 fully saturated rings. The van der Waals surface area contributed by atoms with Crippen LogP contribution in [0.3, 0.4) is 0 Å². The summed E-state index contributed by atoms with van der Waals surface area (Å²) in [7, 11) is 1.52. The minimum atomic E-state index is -0.165. The summed E-state index contributed by atoms with van der Waals surface area (Å²) in [5.41, 5.74) is 6.62. The average molecular weight is 410 g/mol. The van der Waals surface area contributed by atoms with E-state index < -0.39 is 0 Å². The van der Waals surface area contributed by atoms with E-state index in [0.717, 1.165) is 45.5 Å². The minimum Gasteiger partial charge on any atom is -0.496 e. The van der Waals surface area contributed by atoms with E-state index in [1.165, 1.54) is 32.8 Å². The number of ether oxygens (including phenoxy) is 2. The number of nitrogen functional groups attached to an aromatic ring is 1. The Morgan fingerprint density at radius 2 is 1.96 bits per heavy atom. The molecule has 3 N–H and O–H groups in total. The van der Waals surface area contributed by atoms with Crippen molar-refractivity contribution in [2.75, 3.05) is 39.1 Å². The predicted octanol–water partition coefficient (Wildman–Crippen LogP) is 3.47. The number of rotatable bonds is 8. The van der Waals surface area contributed by atoms with E-state index in [-0.39, 0.29) is 11.9 Å². The van der Waals surface area contributed by atoms with Gasteiger partial charge in [0.15, 0.2) is 0 Å². The van der Waals surface area contributed by atoms with Crippen molar-refractivity contribution in [2.45, 2.75) is 57.1 Å². The number of carbonyl (C=O) groups excluding carboxylic acids is 1. The second kappa shape index (κ2) is 10.3. The van der Waals surface area contributed by atoms with Gasteiger partial charge in [-0.3, -0.25) is 4.79 Å². The van der Waals surface area contributed by atoms with Crippen LogP contribution < -0.4 is 15.8 Å². The van der Waals surface area contributed by atoms with Gasteiger partial charge in [0.1, 0.15) is 5.75 Å². The van der Waals surface area contributed by atoms with Crippen molar-refractivity contribution >= 4 is 23.2 Å². The topological polar surface area (TPSA) is 76.8 Å². The lowest BCUT2D eigenvalue weighted by Gasteiger charge is -2.32. The summed E-state index contributed by atoms with van der Waals surface area (Å²) in [5, 5.41) is 3.47. The third-order valence-electron chi connectivity index (χ3n) is 5.76. The van der Waals surface area contributed by atoms with Crippen molar-refractivity contribution in [1.29, 1.82) is 0 Å². The Morgan fingerprint density at radius 3 is 2.64 bits per heavy atom. The van der Waals surface area contributed by atoms with Crippen molar-refractivity contribution in [3.8, 4) is 5.75 Å². The van der Waals surface area contributed by atoms with Gasteiger partial charge in [0.25, 0.3) is 5.91 Å². The standard InChI is InChI=1S/C21H32ClN3O3/c1-27-20-14-19(23)18(22)13-17(20)21(26)24-15-7-10-25(11-8-15)9-4-12-28-16-5-2-3-6-16/h13-16H,2-12,23H2,1H3,(H,24,26). The summed E-state index contributed by atoms with van der Waals surface area (Å²) in [5.74, 6) is 0.279. The highest BCUT2D eigenvalue weighted by atomic mass is 35.5. The molecule has 1 aromatic rings. The molecule has 1 saturated heterocycles. The third kappa shape index (κ3) is 5.75. The molecule has 2 aliphatic rings. The van der Waals surface area contributed by atoms with Crippen LogP contribution in [0.5, 0.6) is 5.75 Å². The molecule has 1 aliphatic carbocycles. The Labute approximate surface area is 172 Å². The molecule has 28 heavy (non-hydrogen) atoms. The van der Waals surface area contributed by atoms with Gasteiger partial charge in [-0.2, -0.15) is 0 Å². The molecule has 1 aliphatic heterocycles. The number of carbonyl (C=O) groups is 1. The Hall–Kier alpha value is -1.50. The van der Waals surface area contributed by atoms with Gasteiger partial charge in [-0.05, 0) is 38.2 Å². The van der Waals surface area contributed by atoms with Crippen LogP contribution in [0.1, 0.15) is 55.3 Å². The first-order valence-electron chi connectivity index (χ1n) is 10.3. The van der Waals surface area contributed by atoms with E-state index in [9.17, 15) is 4.79 Å². The first kappa shape index (κ1) is 21.2. The van der Waals surface area contributed by atoms with Gasteiger partial charge in [-0.1, -0.05) is 24.4 Å². The zero-order valence-electron chi connectivity index (χ0n) is 16.7. The normalized spacial score (nSPS) is 19.1. The average Bonchev–Trinajstić information content (AvgIpc) is 3.21. The fourth-order valence-corrected chi connectivity index (χ4v) is 4.24. The summed E-state index contributed by atoms with van der Waals surface area (Å²) in [4.78, 5) is 15.1. The number of hydrogen-bond acceptors (Lipinski definition) is 5. The fourth-order valence-electron chi connectivity index (χ4n) is 4.07. The van der Waals surface area contributed by atoms with Gasteiger partial charge < -0.3 is 25.4 Å². The van der Waals surface area contributed by atoms with Gasteiger partial charge in [-0.25, -0.2) is 0 Å². The number of nitrogens with one attached hydrogen (secondary N) is 1. The lowest BCUT2D eigenvalue weighted by molar-refractivity contribution is 0.0497. The van der Waals surface area contributed by atoms with Crippen LogP contribution in [-0.2, 0) is 4.74 Å². The lowest BCUT2D eigenvalue weighted by Crippen LogP contribution is -2.45. The molecule has 0 bridgehead atoms. The Balaban J connectivity index is 1.39. The molecule has 0 unspecified atom stereocenters. The summed E-state index contributed by atoms with van der Waals surface area (Å²) >= 11 is 6.07. The number of piperidine rings is 1. The number of likely N-dealkylation sites (tertiary alicyclic amines) is 1. The highest BCUT2D eigenvalue weighted by Gasteiger charge is 2.23. The van der Waals surface area contributed by atoms with Gasteiger partial charge in [0, 0.05) is 38.3 Å². The second-order valence-electron chi connectivity index (χ2n) is 7.79. The predicted molar refractivity (Wildman–Crippen MR) is 112 cm³/mol. The highest BCUT2D eigenvalue weighted by molar-refractivity contribution is 6.33. The number of anilines is 1. The van der Waals surface area contributed by atoms with Gasteiger partial charge in [0.2, 0.25) is 0 Å². The minimum absolute atomic E-state index is 0.165. The lowest BCUT2D eigenvalue weighted by atomic mass is 10.0. The van der Waals surface area contributed by atoms with E-state index in [2.05, 4.69) is 10.2 Å². The quantitative estimate of drug-likeness (QED) is 0.507. The van der Waals surface area contributed by atoms with Crippen molar-refractivity contribution in [3.63, 3.8) is 0 Å². The summed E-state index contributed by atoms with van der Waals surface area (Å²) in [6.07, 6.45) is 8.57. The maximum absolute atomic E-state index is 12.7. The molecule has 1 saturated carbocycles. The van der Waals surface area contributed by atoms with Gasteiger partial charge in [-0.15, -0.1) is 0 Å². The Morgan fingerprint density at radius 1 is 1.25 bits per heavy atom. The second-order valence-corrected chi connectivity index (χ2v) is 8.20. The molecule has 0 aromatic heterocycles. The largest absolute Gasteiger partial charge is 0.496 e. The van der Waals surface area contributed by atoms with Gasteiger partial charge >= 0.3 is 0 Å². The molecule has 1 amide bonds. The summed E-state index contributed by atoms with van der Waals surface area (Å²) in [6, 6.07) is 3.33. The number of benzene rings is 1. The van der Waals surface area contributed by atoms with E-state index >= 15 is 0 Å². The summed E-state index contributed by atoms with van der Waals surface area (Å²) < 4.78 is 11.2. The molecular formula is C21H32ClN3O3. The van der Waals surface area contributed by atoms with Crippen molar-refractivity contribution in [2.24, 2.45) is 0 Å². The Kier molecular flexibility index (Phi) is 7.82. The van der Waals surface area contributed by atoms with Crippen LogP contribution in [0.15, 0.2) is 12.1 Å². The van der Waals surface area contributed by atoms with Crippen LogP contribution in [0, 0.1) is 0 Å². The molecule has 1 heterocycles. The number of hydrogen-bond donors (Lipinski definition) is 2. The zero-order chi connectivity index (χ0) is 19.9. The molecule has 3 rings (SSSR count). The molecule has 6 nitrogen and oxygen atoms in total. The first-order chi connectivity index (χ1) is 13.6. The van der Waals surface area contributed by atoms with Crippen molar-refractivity contribution < 1.29 is 14.3 Å². The molecule has 0 atom stereocenters. The smallest absolute Gasteiger partial charge is 0.255 e. The number of methoxy groups -OCH3 is 1. The summed E-state index contributed by atoms with van der Waals surface area (Å²) in [6.45, 7) is 3.91. The molecule has 7 heteroatoms. The van der Waals surface area contributed by atoms with Gasteiger partial charge in [0.05, 0.1) is 29.5 Å². The number of halogens is 1. The van der Waals surface area contributed by atoms with Crippen LogP contribution in [-0.4, -0.2) is 56.3 Å². The van der Waals surface area contributed by atoms with E-state index in [4.69, 9.17) is 26.8 Å². The van der Waals surface area contributed by atoms with Crippen LogP contribution >= 0.6 is 11.6 Å². The number of nitrogens with zero attached hydrogens (tertiary/aromatic N) is 1. The maximum atomic E-state index is 12.7. The van der Waals surface area contributed by atoms with Crippen molar-refractivity contribution in [3.05, 3.63) is 22.7 Å². The molecule has 0 spiro atoms.